The van der Waals surface area contributed by atoms with Crippen LogP contribution in [0.4, 0.5) is 0 Å². The van der Waals surface area contributed by atoms with E-state index in [1.807, 2.05) is 0 Å². The first-order valence-corrected chi connectivity index (χ1v) is 16.9. The van der Waals surface area contributed by atoms with E-state index in [-0.39, 0.29) is 0 Å². The average Bonchev–Trinajstić information content (AvgIpc) is 2.85. The first-order chi connectivity index (χ1) is 18.6. The Bertz CT molecular complexity index is 1870. The summed E-state index contributed by atoms with van der Waals surface area (Å²) in [6.07, 6.45) is 0. The third-order valence-electron chi connectivity index (χ3n) is 7.71. The number of pyridine rings is 1. The van der Waals surface area contributed by atoms with E-state index < -0.39 is 15.1 Å². The highest BCUT2D eigenvalue weighted by Crippen LogP contribution is 2.53. The summed E-state index contributed by atoms with van der Waals surface area (Å²) in [6, 6.07) is 25.8. The molecule has 4 heteroatoms. The van der Waals surface area contributed by atoms with Gasteiger partial charge in [0.25, 0.3) is 0 Å². The molecule has 0 amide bonds. The number of rotatable bonds is 2. The zero-order valence-corrected chi connectivity index (χ0v) is 26.1. The number of nitrogens with one attached hydrogen (secondary N) is 1. The van der Waals surface area contributed by atoms with Gasteiger partial charge in [-0.05, 0) is 105 Å². The Balaban J connectivity index is 2.09. The fourth-order valence-corrected chi connectivity index (χ4v) is 11.8. The van der Waals surface area contributed by atoms with E-state index in [9.17, 15) is 0 Å². The van der Waals surface area contributed by atoms with Gasteiger partial charge in [0, 0.05) is 42.3 Å². The minimum absolute atomic E-state index is 0.468. The Morgan fingerprint density at radius 2 is 0.923 bits per heavy atom. The Morgan fingerprint density at radius 3 is 1.33 bits per heavy atom. The lowest BCUT2D eigenvalue weighted by atomic mass is 10.1. The van der Waals surface area contributed by atoms with Crippen LogP contribution in [0.25, 0.3) is 53.3 Å². The van der Waals surface area contributed by atoms with Gasteiger partial charge in [0.1, 0.15) is 0 Å². The molecule has 2 bridgehead atoms. The SMILES string of the molecule is Cc1ccc2[nH]c3ccc(C)cc3p(C(C)C)c3cc(C)cc4cc5cc(C)cc(c5nc43)p(C(C)C)c2c1. The van der Waals surface area contributed by atoms with Gasteiger partial charge in [0.15, 0.2) is 0 Å². The lowest BCUT2D eigenvalue weighted by molar-refractivity contribution is 1.03. The second-order valence-corrected chi connectivity index (χ2v) is 17.3. The molecular formula is C35H38N2P2. The highest BCUT2D eigenvalue weighted by atomic mass is 31.1. The summed E-state index contributed by atoms with van der Waals surface area (Å²) in [7, 11) is -1.32. The molecule has 39 heavy (non-hydrogen) atoms. The molecule has 4 aromatic carbocycles. The van der Waals surface area contributed by atoms with Crippen LogP contribution < -0.4 is 0 Å². The predicted octanol–water partition coefficient (Wildman–Crippen LogP) is 12.2. The molecule has 0 aliphatic rings. The van der Waals surface area contributed by atoms with Crippen LogP contribution >= 0.6 is 15.1 Å². The van der Waals surface area contributed by atoms with Crippen LogP contribution in [0.15, 0.2) is 66.7 Å². The smallest absolute Gasteiger partial charge is 0.0822 e. The van der Waals surface area contributed by atoms with Crippen LogP contribution in [0.1, 0.15) is 61.3 Å². The van der Waals surface area contributed by atoms with E-state index in [4.69, 9.17) is 4.98 Å². The summed E-state index contributed by atoms with van der Waals surface area (Å²) < 4.78 is 0. The molecule has 6 aromatic rings. The topological polar surface area (TPSA) is 28.7 Å². The third kappa shape index (κ3) is 4.59. The highest BCUT2D eigenvalue weighted by molar-refractivity contribution is 7.61. The molecule has 198 valence electrons. The van der Waals surface area contributed by atoms with E-state index in [0.717, 1.165) is 0 Å². The molecule has 2 atom stereocenters. The van der Waals surface area contributed by atoms with Gasteiger partial charge in [0.2, 0.25) is 0 Å². The molecule has 2 aromatic heterocycles. The van der Waals surface area contributed by atoms with E-state index in [0.29, 0.717) is 11.3 Å². The van der Waals surface area contributed by atoms with Crippen LogP contribution in [0.5, 0.6) is 0 Å². The van der Waals surface area contributed by atoms with Crippen molar-refractivity contribution in [2.75, 3.05) is 0 Å². The lowest BCUT2D eigenvalue weighted by Gasteiger charge is -2.18. The molecule has 0 saturated carbocycles. The molecule has 2 nitrogen and oxygen atoms in total. The summed E-state index contributed by atoms with van der Waals surface area (Å²) in [5.74, 6) is 0. The van der Waals surface area contributed by atoms with E-state index >= 15 is 0 Å². The molecule has 0 aliphatic heterocycles. The van der Waals surface area contributed by atoms with Gasteiger partial charge in [-0.2, -0.15) is 0 Å². The molecule has 0 aliphatic carbocycles. The van der Waals surface area contributed by atoms with Gasteiger partial charge >= 0.3 is 0 Å². The van der Waals surface area contributed by atoms with E-state index in [1.165, 1.54) is 75.6 Å². The summed E-state index contributed by atoms with van der Waals surface area (Å²) in [5.41, 5.74) is 11.0. The molecule has 0 fully saturated rings. The van der Waals surface area contributed by atoms with Crippen molar-refractivity contribution in [3.63, 3.8) is 0 Å². The van der Waals surface area contributed by atoms with E-state index in [1.54, 1.807) is 0 Å². The molecule has 0 spiro atoms. The maximum Gasteiger partial charge on any atom is 0.0822 e. The van der Waals surface area contributed by atoms with Crippen LogP contribution in [-0.2, 0) is 0 Å². The van der Waals surface area contributed by atoms with Gasteiger partial charge in [0.05, 0.1) is 11.0 Å². The van der Waals surface area contributed by atoms with Crippen molar-refractivity contribution >= 4 is 68.4 Å². The molecule has 2 heterocycles. The maximum atomic E-state index is 5.62. The first kappa shape index (κ1) is 26.2. The largest absolute Gasteiger partial charge is 0.354 e. The van der Waals surface area contributed by atoms with Gasteiger partial charge in [-0.1, -0.05) is 51.0 Å². The first-order valence-electron chi connectivity index (χ1n) is 14.0. The number of nitrogens with zero attached hydrogens (tertiary/aromatic N) is 1. The van der Waals surface area contributed by atoms with Crippen molar-refractivity contribution in [1.82, 2.24) is 9.97 Å². The van der Waals surface area contributed by atoms with Crippen molar-refractivity contribution in [2.45, 2.75) is 66.7 Å². The maximum absolute atomic E-state index is 5.62. The number of hydrogen-bond donors (Lipinski definition) is 1. The molecular weight excluding hydrogens is 510 g/mol. The Hall–Kier alpha value is -3.05. The number of hydrogen-bond acceptors (Lipinski definition) is 1. The fraction of sp³-hybridized carbons (Fsp3) is 0.286. The average molecular weight is 549 g/mol. The van der Waals surface area contributed by atoms with Crippen molar-refractivity contribution < 1.29 is 0 Å². The normalized spacial score (nSPS) is 13.0. The summed E-state index contributed by atoms with van der Waals surface area (Å²) >= 11 is 0. The second-order valence-electron chi connectivity index (χ2n) is 11.8. The quantitative estimate of drug-likeness (QED) is 0.214. The van der Waals surface area contributed by atoms with Crippen LogP contribution in [0.2, 0.25) is 0 Å². The van der Waals surface area contributed by atoms with Gasteiger partial charge in [-0.3, -0.25) is 0 Å². The number of H-pyrrole nitrogens is 1. The Labute approximate surface area is 233 Å². The van der Waals surface area contributed by atoms with Gasteiger partial charge in [-0.15, -0.1) is 15.1 Å². The minimum Gasteiger partial charge on any atom is -0.354 e. The van der Waals surface area contributed by atoms with Crippen molar-refractivity contribution in [3.05, 3.63) is 89.0 Å². The van der Waals surface area contributed by atoms with E-state index in [2.05, 4.69) is 127 Å². The van der Waals surface area contributed by atoms with Crippen LogP contribution in [0, 0.1) is 27.7 Å². The van der Waals surface area contributed by atoms with Gasteiger partial charge < -0.3 is 4.98 Å². The minimum atomic E-state index is -0.660. The number of aromatic nitrogens is 2. The zero-order chi connectivity index (χ0) is 27.6. The van der Waals surface area contributed by atoms with Crippen molar-refractivity contribution in [2.24, 2.45) is 0 Å². The predicted molar refractivity (Wildman–Crippen MR) is 178 cm³/mol. The monoisotopic (exact) mass is 548 g/mol. The highest BCUT2D eigenvalue weighted by Gasteiger charge is 2.16. The fourth-order valence-electron chi connectivity index (χ4n) is 6.10. The molecule has 1 N–H and O–H groups in total. The number of benzene rings is 4. The zero-order valence-electron chi connectivity index (χ0n) is 24.3. The summed E-state index contributed by atoms with van der Waals surface area (Å²) in [4.78, 5) is 9.62. The van der Waals surface area contributed by atoms with Crippen LogP contribution in [-0.4, -0.2) is 9.97 Å². The summed E-state index contributed by atoms with van der Waals surface area (Å²) in [5, 5.41) is 8.14. The number of aromatic amines is 1. The second kappa shape index (κ2) is 9.85. The van der Waals surface area contributed by atoms with Crippen LogP contribution in [0.3, 0.4) is 0 Å². The lowest BCUT2D eigenvalue weighted by Crippen LogP contribution is -1.90. The summed E-state index contributed by atoms with van der Waals surface area (Å²) in [6.45, 7) is 18.4. The Kier molecular flexibility index (Phi) is 6.61. The molecule has 2 unspecified atom stereocenters. The number of aryl methyl sites for hydroxylation is 4. The van der Waals surface area contributed by atoms with Crippen molar-refractivity contribution in [3.8, 4) is 0 Å². The molecule has 0 radical (unpaired) electrons. The molecule has 6 rings (SSSR count). The van der Waals surface area contributed by atoms with Crippen molar-refractivity contribution in [1.29, 1.82) is 0 Å². The third-order valence-corrected chi connectivity index (χ3v) is 13.3. The standard InChI is InChI=1S/C35H38N2P2/c1-20(2)38-30-15-22(5)9-11-28(30)36-29-12-10-23(6)16-31(29)39(21(3)4)33-18-25(8)14-27-19-26-13-24(7)17-32(38)34(26)37-35(27)33/h9-21,36H,1-8H3. The molecule has 0 saturated heterocycles. The Morgan fingerprint density at radius 1 is 0.513 bits per heavy atom. The van der Waals surface area contributed by atoms with Gasteiger partial charge in [-0.25, -0.2) is 4.98 Å². The number of fused-ring (bicyclic) bond motifs is 2.